The summed E-state index contributed by atoms with van der Waals surface area (Å²) in [6.07, 6.45) is 2.26. The van der Waals surface area contributed by atoms with Gasteiger partial charge in [0.05, 0.1) is 25.8 Å². The predicted octanol–water partition coefficient (Wildman–Crippen LogP) is 2.55. The van der Waals surface area contributed by atoms with Gasteiger partial charge in [-0.05, 0) is 31.0 Å². The quantitative estimate of drug-likeness (QED) is 0.430. The van der Waals surface area contributed by atoms with Crippen LogP contribution in [0, 0.1) is 5.82 Å². The minimum Gasteiger partial charge on any atom is -0.379 e. The molecule has 0 aliphatic carbocycles. The smallest absolute Gasteiger partial charge is 0.191 e. The highest BCUT2D eigenvalue weighted by atomic mass is 19.1. The lowest BCUT2D eigenvalue weighted by Gasteiger charge is -2.34. The van der Waals surface area contributed by atoms with Gasteiger partial charge in [-0.1, -0.05) is 25.5 Å². The summed E-state index contributed by atoms with van der Waals surface area (Å²) in [6, 6.07) is 6.91. The van der Waals surface area contributed by atoms with E-state index in [4.69, 9.17) is 9.73 Å². The van der Waals surface area contributed by atoms with E-state index in [1.165, 1.54) is 6.07 Å². The van der Waals surface area contributed by atoms with Gasteiger partial charge in [0.1, 0.15) is 5.82 Å². The van der Waals surface area contributed by atoms with Crippen molar-refractivity contribution in [1.29, 1.82) is 0 Å². The molecule has 0 spiro atoms. The number of halogens is 1. The Hall–Kier alpha value is -1.66. The zero-order valence-electron chi connectivity index (χ0n) is 15.4. The van der Waals surface area contributed by atoms with E-state index in [-0.39, 0.29) is 11.9 Å². The first-order valence-corrected chi connectivity index (χ1v) is 9.34. The summed E-state index contributed by atoms with van der Waals surface area (Å²) in [5, 5.41) is 6.65. The number of unbranched alkanes of at least 4 members (excludes halogenated alkanes) is 1. The van der Waals surface area contributed by atoms with Crippen LogP contribution in [0.25, 0.3) is 0 Å². The number of aliphatic imine (C=N–C) groups is 1. The van der Waals surface area contributed by atoms with Crippen LogP contribution in [0.2, 0.25) is 0 Å². The fourth-order valence-electron chi connectivity index (χ4n) is 2.94. The molecule has 0 amide bonds. The fourth-order valence-corrected chi connectivity index (χ4v) is 2.94. The SMILES string of the molecule is CCCCNC(=NCC(c1cccc(F)c1)N1CCOCC1)NCC. The average molecular weight is 350 g/mol. The van der Waals surface area contributed by atoms with Crippen molar-refractivity contribution < 1.29 is 9.13 Å². The molecule has 140 valence electrons. The Morgan fingerprint density at radius 2 is 2.08 bits per heavy atom. The molecule has 0 aromatic heterocycles. The molecule has 6 heteroatoms. The van der Waals surface area contributed by atoms with Crippen LogP contribution < -0.4 is 10.6 Å². The first-order valence-electron chi connectivity index (χ1n) is 9.34. The van der Waals surface area contributed by atoms with Crippen molar-refractivity contribution in [3.05, 3.63) is 35.6 Å². The number of hydrogen-bond donors (Lipinski definition) is 2. The fraction of sp³-hybridized carbons (Fsp3) is 0.632. The van der Waals surface area contributed by atoms with Crippen molar-refractivity contribution >= 4 is 5.96 Å². The van der Waals surface area contributed by atoms with Crippen molar-refractivity contribution in [2.75, 3.05) is 45.9 Å². The highest BCUT2D eigenvalue weighted by Crippen LogP contribution is 2.23. The molecule has 1 atom stereocenters. The molecule has 1 heterocycles. The normalized spacial score (nSPS) is 17.3. The van der Waals surface area contributed by atoms with Crippen LogP contribution in [0.15, 0.2) is 29.3 Å². The Labute approximate surface area is 150 Å². The van der Waals surface area contributed by atoms with E-state index in [0.717, 1.165) is 50.5 Å². The van der Waals surface area contributed by atoms with E-state index in [1.54, 1.807) is 12.1 Å². The van der Waals surface area contributed by atoms with E-state index in [2.05, 4.69) is 29.4 Å². The van der Waals surface area contributed by atoms with E-state index >= 15 is 0 Å². The molecule has 2 rings (SSSR count). The minimum absolute atomic E-state index is 0.0567. The Balaban J connectivity index is 2.11. The zero-order valence-corrected chi connectivity index (χ0v) is 15.4. The Kier molecular flexibility index (Phi) is 8.69. The third kappa shape index (κ3) is 6.63. The van der Waals surface area contributed by atoms with Gasteiger partial charge in [0.25, 0.3) is 0 Å². The van der Waals surface area contributed by atoms with Crippen molar-refractivity contribution in [1.82, 2.24) is 15.5 Å². The van der Waals surface area contributed by atoms with Gasteiger partial charge in [-0.15, -0.1) is 0 Å². The summed E-state index contributed by atoms with van der Waals surface area (Å²) in [4.78, 5) is 7.09. The molecule has 0 bridgehead atoms. The predicted molar refractivity (Wildman–Crippen MR) is 100 cm³/mol. The lowest BCUT2D eigenvalue weighted by atomic mass is 10.0. The number of guanidine groups is 1. The van der Waals surface area contributed by atoms with Crippen LogP contribution in [0.1, 0.15) is 38.3 Å². The first-order chi connectivity index (χ1) is 12.2. The molecule has 1 aliphatic heterocycles. The molecule has 0 saturated carbocycles. The van der Waals surface area contributed by atoms with Gasteiger partial charge >= 0.3 is 0 Å². The standard InChI is InChI=1S/C19H31FN4O/c1-3-5-9-22-19(21-4-2)23-15-18(24-10-12-25-13-11-24)16-7-6-8-17(20)14-16/h6-8,14,18H,3-5,9-13,15H2,1-2H3,(H2,21,22,23). The molecule has 1 fully saturated rings. The van der Waals surface area contributed by atoms with Gasteiger partial charge in [0.15, 0.2) is 5.96 Å². The molecule has 0 radical (unpaired) electrons. The third-order valence-electron chi connectivity index (χ3n) is 4.31. The van der Waals surface area contributed by atoms with Gasteiger partial charge in [-0.3, -0.25) is 9.89 Å². The summed E-state index contributed by atoms with van der Waals surface area (Å²) in [5.41, 5.74) is 0.968. The van der Waals surface area contributed by atoms with Crippen molar-refractivity contribution in [3.8, 4) is 0 Å². The molecule has 1 saturated heterocycles. The number of hydrogen-bond acceptors (Lipinski definition) is 3. The number of nitrogens with one attached hydrogen (secondary N) is 2. The second kappa shape index (κ2) is 11.1. The van der Waals surface area contributed by atoms with E-state index in [0.29, 0.717) is 19.8 Å². The number of ether oxygens (including phenoxy) is 1. The Bertz CT molecular complexity index is 532. The highest BCUT2D eigenvalue weighted by molar-refractivity contribution is 5.79. The molecule has 2 N–H and O–H groups in total. The summed E-state index contributed by atoms with van der Waals surface area (Å²) in [7, 11) is 0. The topological polar surface area (TPSA) is 48.9 Å². The van der Waals surface area contributed by atoms with E-state index < -0.39 is 0 Å². The molecule has 1 aliphatic rings. The third-order valence-corrected chi connectivity index (χ3v) is 4.31. The number of rotatable bonds is 8. The van der Waals surface area contributed by atoms with Crippen LogP contribution >= 0.6 is 0 Å². The lowest BCUT2D eigenvalue weighted by molar-refractivity contribution is 0.0179. The molecular formula is C19H31FN4O. The maximum Gasteiger partial charge on any atom is 0.191 e. The molecule has 1 aromatic carbocycles. The van der Waals surface area contributed by atoms with Crippen molar-refractivity contribution in [2.45, 2.75) is 32.7 Å². The second-order valence-corrected chi connectivity index (χ2v) is 6.22. The second-order valence-electron chi connectivity index (χ2n) is 6.22. The van der Waals surface area contributed by atoms with Crippen molar-refractivity contribution in [2.24, 2.45) is 4.99 Å². The number of nitrogens with zero attached hydrogens (tertiary/aromatic N) is 2. The summed E-state index contributed by atoms with van der Waals surface area (Å²) in [5.74, 6) is 0.623. The lowest BCUT2D eigenvalue weighted by Crippen LogP contribution is -2.42. The van der Waals surface area contributed by atoms with Crippen LogP contribution in [0.3, 0.4) is 0 Å². The maximum atomic E-state index is 13.7. The first kappa shape index (κ1) is 19.7. The summed E-state index contributed by atoms with van der Waals surface area (Å²) < 4.78 is 19.2. The largest absolute Gasteiger partial charge is 0.379 e. The van der Waals surface area contributed by atoms with Gasteiger partial charge < -0.3 is 15.4 Å². The van der Waals surface area contributed by atoms with Gasteiger partial charge in [0.2, 0.25) is 0 Å². The van der Waals surface area contributed by atoms with Crippen LogP contribution in [-0.4, -0.2) is 56.8 Å². The van der Waals surface area contributed by atoms with Crippen molar-refractivity contribution in [3.63, 3.8) is 0 Å². The van der Waals surface area contributed by atoms with E-state index in [9.17, 15) is 4.39 Å². The van der Waals surface area contributed by atoms with Crippen LogP contribution in [0.5, 0.6) is 0 Å². The monoisotopic (exact) mass is 350 g/mol. The number of benzene rings is 1. The van der Waals surface area contributed by atoms with Crippen LogP contribution in [-0.2, 0) is 4.74 Å². The maximum absolute atomic E-state index is 13.7. The minimum atomic E-state index is -0.201. The van der Waals surface area contributed by atoms with Crippen LogP contribution in [0.4, 0.5) is 4.39 Å². The molecule has 25 heavy (non-hydrogen) atoms. The zero-order chi connectivity index (χ0) is 17.9. The van der Waals surface area contributed by atoms with Gasteiger partial charge in [0, 0.05) is 26.2 Å². The summed E-state index contributed by atoms with van der Waals surface area (Å²) >= 11 is 0. The average Bonchev–Trinajstić information content (AvgIpc) is 2.63. The summed E-state index contributed by atoms with van der Waals surface area (Å²) in [6.45, 7) is 9.66. The van der Waals surface area contributed by atoms with E-state index in [1.807, 2.05) is 6.07 Å². The molecular weight excluding hydrogens is 319 g/mol. The molecule has 5 nitrogen and oxygen atoms in total. The molecule has 1 unspecified atom stereocenters. The number of morpholine rings is 1. The highest BCUT2D eigenvalue weighted by Gasteiger charge is 2.23. The Morgan fingerprint density at radius 3 is 2.76 bits per heavy atom. The molecule has 1 aromatic rings. The van der Waals surface area contributed by atoms with Gasteiger partial charge in [-0.2, -0.15) is 0 Å². The van der Waals surface area contributed by atoms with Gasteiger partial charge in [-0.25, -0.2) is 4.39 Å². The Morgan fingerprint density at radius 1 is 1.28 bits per heavy atom.